The molecule has 0 aliphatic heterocycles. The van der Waals surface area contributed by atoms with Crippen LogP contribution >= 0.6 is 0 Å². The molecular weight excluding hydrogens is 1240 g/mol. The molecule has 13 aromatic rings. The summed E-state index contributed by atoms with van der Waals surface area (Å²) in [6.07, 6.45) is 11.0. The molecule has 2 aromatic heterocycles. The molecule has 0 fully saturated rings. The first-order chi connectivity index (χ1) is 50.8. The third-order valence-corrected chi connectivity index (χ3v) is 17.6. The summed E-state index contributed by atoms with van der Waals surface area (Å²) in [7, 11) is 0. The highest BCUT2D eigenvalue weighted by molar-refractivity contribution is 5.76. The second-order valence-corrected chi connectivity index (χ2v) is 28.9. The molecule has 0 saturated carbocycles. The maximum absolute atomic E-state index is 8.20. The highest BCUT2D eigenvalue weighted by Gasteiger charge is 2.14. The van der Waals surface area contributed by atoms with Crippen LogP contribution in [0.1, 0.15) is 152 Å². The second kappa shape index (κ2) is 42.2. The maximum Gasteiger partial charge on any atom is 0.0626 e. The number of benzene rings is 11. The Morgan fingerprint density at radius 2 is 0.689 bits per heavy atom. The van der Waals surface area contributed by atoms with Crippen LogP contribution in [0.15, 0.2) is 316 Å². The number of nitrogens with zero attached hydrogens (tertiary/aromatic N) is 2. The minimum absolute atomic E-state index is 0.432. The Hall–Kier alpha value is -10.3. The lowest BCUT2D eigenvalue weighted by Crippen LogP contribution is -2.00. The van der Waals surface area contributed by atoms with Gasteiger partial charge in [0, 0.05) is 35.9 Å². The molecular formula is C101H114N2. The van der Waals surface area contributed by atoms with E-state index >= 15 is 0 Å². The number of rotatable bonds is 14. The Balaban J connectivity index is 0.000000175. The summed E-state index contributed by atoms with van der Waals surface area (Å²) in [5, 5.41) is 0. The van der Waals surface area contributed by atoms with E-state index in [4.69, 9.17) is 4.11 Å². The Bertz CT molecular complexity index is 4610. The molecule has 0 spiro atoms. The molecule has 528 valence electrons. The van der Waals surface area contributed by atoms with Gasteiger partial charge in [-0.3, -0.25) is 9.97 Å². The number of aromatic nitrogens is 2. The molecule has 2 heterocycles. The van der Waals surface area contributed by atoms with Gasteiger partial charge in [-0.25, -0.2) is 0 Å². The number of pyridine rings is 2. The molecule has 11 aromatic carbocycles. The molecule has 0 aliphatic carbocycles. The topological polar surface area (TPSA) is 25.8 Å². The highest BCUT2D eigenvalue weighted by atomic mass is 14.6. The molecule has 0 saturated heterocycles. The zero-order valence-corrected chi connectivity index (χ0v) is 64.7. The molecule has 0 unspecified atom stereocenters. The standard InChI is InChI=1S/C19H16.C19H24.C17H14N2.C13H12.3C11H16/c1-15-12-13-18(16-8-4-2-5-9-16)14-19(15)17-10-6-3-7-11-17;1-13(2)18-11-17(16-9-7-6-8-10-16)12-19(14(3)4)15(18)5;1-13-8-16(14-4-2-6-18-11-14)10-17(9-13)15-5-3-7-19-12-15;1-11-7-9-13(10-8-11)12-5-3-2-4-6-12;1-9(2)8-11-6-4-10(3)5-7-11;1-9(2)7-11-6-4-5-10(3)8-11;1-9(2)8-11-7-5-4-6-10(11)3/h2-14H,1H3;6-14H,1-5H3;2-12H,1H3;2-10H,1H3;4-7,9H,8H2,1-3H3;4-6,8-9H,7H2,1-3H3;4-7,9H,8H2,1-3H3/i12D;;;7D,8D;;;. The maximum atomic E-state index is 8.20. The van der Waals surface area contributed by atoms with Crippen molar-refractivity contribution < 1.29 is 4.11 Å². The van der Waals surface area contributed by atoms with Gasteiger partial charge in [-0.1, -0.05) is 353 Å². The highest BCUT2D eigenvalue weighted by Crippen LogP contribution is 2.34. The smallest absolute Gasteiger partial charge is 0.0626 e. The third-order valence-electron chi connectivity index (χ3n) is 17.6. The molecule has 13 rings (SSSR count). The lowest BCUT2D eigenvalue weighted by Gasteiger charge is -2.19. The molecule has 0 atom stereocenters. The van der Waals surface area contributed by atoms with Gasteiger partial charge in [0.05, 0.1) is 4.11 Å². The van der Waals surface area contributed by atoms with Crippen molar-refractivity contribution in [2.24, 2.45) is 17.8 Å². The summed E-state index contributed by atoms with van der Waals surface area (Å²) in [6.45, 7) is 37.3. The van der Waals surface area contributed by atoms with Crippen molar-refractivity contribution in [1.29, 1.82) is 0 Å². The zero-order chi connectivity index (χ0) is 76.7. The van der Waals surface area contributed by atoms with Gasteiger partial charge in [0.1, 0.15) is 0 Å². The Labute approximate surface area is 626 Å². The van der Waals surface area contributed by atoms with Crippen LogP contribution < -0.4 is 0 Å². The molecule has 0 bridgehead atoms. The Morgan fingerprint density at radius 3 is 1.15 bits per heavy atom. The van der Waals surface area contributed by atoms with Gasteiger partial charge in [0.25, 0.3) is 0 Å². The molecule has 0 amide bonds. The zero-order valence-electron chi connectivity index (χ0n) is 67.7. The van der Waals surface area contributed by atoms with Crippen LogP contribution in [0.25, 0.3) is 66.8 Å². The summed E-state index contributed by atoms with van der Waals surface area (Å²) < 4.78 is 23.7. The van der Waals surface area contributed by atoms with Crippen molar-refractivity contribution in [2.75, 3.05) is 0 Å². The average molecular weight is 1360 g/mol. The van der Waals surface area contributed by atoms with E-state index in [0.29, 0.717) is 30.0 Å². The normalized spacial score (nSPS) is 11.0. The number of aryl methyl sites for hydroxylation is 4. The van der Waals surface area contributed by atoms with E-state index in [0.717, 1.165) is 73.4 Å². The average Bonchev–Trinajstić information content (AvgIpc) is 0.935. The molecule has 103 heavy (non-hydrogen) atoms. The fourth-order valence-corrected chi connectivity index (χ4v) is 12.3. The quantitative estimate of drug-likeness (QED) is 0.108. The van der Waals surface area contributed by atoms with Crippen LogP contribution in [0.5, 0.6) is 0 Å². The van der Waals surface area contributed by atoms with Crippen LogP contribution in [-0.4, -0.2) is 9.97 Å². The number of hydrogen-bond acceptors (Lipinski definition) is 2. The lowest BCUT2D eigenvalue weighted by atomic mass is 9.86. The molecule has 0 aliphatic rings. The van der Waals surface area contributed by atoms with Crippen LogP contribution in [0.4, 0.5) is 0 Å². The summed E-state index contributed by atoms with van der Waals surface area (Å²) in [5.74, 6) is 3.42. The fraction of sp³-hybridized carbons (Fsp3) is 0.248. The van der Waals surface area contributed by atoms with E-state index in [1.54, 1.807) is 19.3 Å². The summed E-state index contributed by atoms with van der Waals surface area (Å²) >= 11 is 0. The van der Waals surface area contributed by atoms with Crippen molar-refractivity contribution in [3.05, 3.63) is 383 Å². The molecule has 2 nitrogen and oxygen atoms in total. The van der Waals surface area contributed by atoms with Crippen molar-refractivity contribution >= 4 is 0 Å². The predicted molar refractivity (Wildman–Crippen MR) is 450 cm³/mol. The van der Waals surface area contributed by atoms with Gasteiger partial charge in [-0.05, 0) is 227 Å². The SMILES string of the molecule is Cc1c(C(C)C)cc(-c2ccccc2)cc1C(C)C.Cc1cc(-c2cccnc2)cc(-c2cccnc2)c1.Cc1ccc(CC(C)C)cc1.Cc1cccc(CC(C)C)c1.Cc1ccccc1CC(C)C.[2H]c1cc(-c2ccccc2)cc(-c2ccccc2)c1C.[2H]c1cc(-c2ccccc2)cc([2H])c1C. The van der Waals surface area contributed by atoms with E-state index in [2.05, 4.69) is 290 Å². The van der Waals surface area contributed by atoms with Crippen LogP contribution in [0, 0.1) is 66.2 Å². The van der Waals surface area contributed by atoms with Gasteiger partial charge in [-0.15, -0.1) is 0 Å². The lowest BCUT2D eigenvalue weighted by molar-refractivity contribution is 0.645. The summed E-state index contributed by atoms with van der Waals surface area (Å²) in [4.78, 5) is 8.36. The Kier molecular flexibility index (Phi) is 30.9. The Morgan fingerprint density at radius 1 is 0.272 bits per heavy atom. The minimum atomic E-state index is 0.432. The van der Waals surface area contributed by atoms with Gasteiger partial charge in [0.15, 0.2) is 0 Å². The van der Waals surface area contributed by atoms with Crippen LogP contribution in [0.3, 0.4) is 0 Å². The minimum Gasteiger partial charge on any atom is -0.264 e. The van der Waals surface area contributed by atoms with Gasteiger partial charge in [0.2, 0.25) is 0 Å². The van der Waals surface area contributed by atoms with E-state index in [9.17, 15) is 0 Å². The predicted octanol–water partition coefficient (Wildman–Crippen LogP) is 28.6. The monoisotopic (exact) mass is 1360 g/mol. The van der Waals surface area contributed by atoms with Gasteiger partial charge in [-0.2, -0.15) is 0 Å². The van der Waals surface area contributed by atoms with Crippen molar-refractivity contribution in [3.8, 4) is 66.8 Å². The van der Waals surface area contributed by atoms with Crippen LogP contribution in [0.2, 0.25) is 0 Å². The van der Waals surface area contributed by atoms with Crippen molar-refractivity contribution in [3.63, 3.8) is 0 Å². The van der Waals surface area contributed by atoms with Crippen LogP contribution in [-0.2, 0) is 19.3 Å². The fourth-order valence-electron chi connectivity index (χ4n) is 12.3. The van der Waals surface area contributed by atoms with E-state index in [1.807, 2.05) is 116 Å². The second-order valence-electron chi connectivity index (χ2n) is 28.9. The van der Waals surface area contributed by atoms with E-state index in [1.165, 1.54) is 97.2 Å². The first-order valence-electron chi connectivity index (χ1n) is 38.5. The molecule has 0 radical (unpaired) electrons. The number of hydrogen-bond donors (Lipinski definition) is 0. The molecule has 2 heteroatoms. The first-order valence-corrected chi connectivity index (χ1v) is 37.0. The summed E-state index contributed by atoms with van der Waals surface area (Å²) in [6, 6.07) is 95.7. The van der Waals surface area contributed by atoms with E-state index in [-0.39, 0.29) is 0 Å². The van der Waals surface area contributed by atoms with E-state index < -0.39 is 0 Å². The van der Waals surface area contributed by atoms with Gasteiger partial charge < -0.3 is 0 Å². The summed E-state index contributed by atoms with van der Waals surface area (Å²) in [5.41, 5.74) is 29.8. The molecule has 0 N–H and O–H groups in total. The first kappa shape index (κ1) is 75.4. The largest absolute Gasteiger partial charge is 0.264 e. The van der Waals surface area contributed by atoms with Crippen molar-refractivity contribution in [2.45, 2.75) is 149 Å². The van der Waals surface area contributed by atoms with Crippen molar-refractivity contribution in [1.82, 2.24) is 9.97 Å². The third kappa shape index (κ3) is 27.5. The van der Waals surface area contributed by atoms with Gasteiger partial charge >= 0.3 is 0 Å².